The molecule has 6 nitrogen and oxygen atoms in total. The fraction of sp³-hybridized carbons (Fsp3) is 0.588. The van der Waals surface area contributed by atoms with Crippen molar-refractivity contribution in [2.75, 3.05) is 13.1 Å². The lowest BCUT2D eigenvalue weighted by Gasteiger charge is -2.41. The van der Waals surface area contributed by atoms with Crippen LogP contribution in [0.5, 0.6) is 0 Å². The van der Waals surface area contributed by atoms with Gasteiger partial charge in [0.15, 0.2) is 0 Å². The Balaban J connectivity index is 1.69. The molecule has 124 valence electrons. The van der Waals surface area contributed by atoms with E-state index in [0.717, 1.165) is 24.2 Å². The molecule has 3 atom stereocenters. The van der Waals surface area contributed by atoms with Gasteiger partial charge in [-0.05, 0) is 31.9 Å². The van der Waals surface area contributed by atoms with Crippen molar-refractivity contribution in [1.29, 1.82) is 0 Å². The van der Waals surface area contributed by atoms with Crippen molar-refractivity contribution in [2.45, 2.75) is 51.9 Å². The Hall–Kier alpha value is -1.95. The number of piperazine rings is 1. The molecule has 23 heavy (non-hydrogen) atoms. The molecule has 6 heteroatoms. The maximum Gasteiger partial charge on any atom is 0.240 e. The van der Waals surface area contributed by atoms with Gasteiger partial charge >= 0.3 is 0 Å². The lowest BCUT2D eigenvalue weighted by molar-refractivity contribution is -0.143. The highest BCUT2D eigenvalue weighted by Crippen LogP contribution is 2.27. The number of carbonyl (C=O) groups excluding carboxylic acids is 2. The van der Waals surface area contributed by atoms with Gasteiger partial charge in [-0.25, -0.2) is 0 Å². The minimum atomic E-state index is -0.148. The molecule has 2 saturated heterocycles. The number of hydrogen-bond donors (Lipinski definition) is 1. The second kappa shape index (κ2) is 6.28. The Labute approximate surface area is 136 Å². The number of nitrogens with one attached hydrogen (secondary N) is 1. The molecule has 1 N–H and O–H groups in total. The number of aromatic nitrogens is 1. The SMILES string of the molecule is CC(=O)NC1CC2CN(Cc3ccc(C)cn3)C(C)C(=O)N2C1. The summed E-state index contributed by atoms with van der Waals surface area (Å²) in [7, 11) is 0. The predicted molar refractivity (Wildman–Crippen MR) is 86.6 cm³/mol. The molecule has 0 spiro atoms. The van der Waals surface area contributed by atoms with Crippen LogP contribution in [0.3, 0.4) is 0 Å². The lowest BCUT2D eigenvalue weighted by Crippen LogP contribution is -2.58. The Bertz CT molecular complexity index is 601. The zero-order valence-electron chi connectivity index (χ0n) is 14.0. The van der Waals surface area contributed by atoms with Gasteiger partial charge in [-0.1, -0.05) is 6.07 Å². The Kier molecular flexibility index (Phi) is 4.35. The number of pyridine rings is 1. The standard InChI is InChI=1S/C17H24N4O2/c1-11-4-5-14(18-7-11)8-20-10-16-6-15(19-13(3)22)9-21(16)17(23)12(20)2/h4-5,7,12,15-16H,6,8-10H2,1-3H3,(H,19,22). The average molecular weight is 316 g/mol. The normalized spacial score (nSPS) is 27.9. The smallest absolute Gasteiger partial charge is 0.240 e. The van der Waals surface area contributed by atoms with Crippen LogP contribution in [0.15, 0.2) is 18.3 Å². The summed E-state index contributed by atoms with van der Waals surface area (Å²) in [4.78, 5) is 32.5. The molecule has 0 bridgehead atoms. The summed E-state index contributed by atoms with van der Waals surface area (Å²) in [6, 6.07) is 4.18. The van der Waals surface area contributed by atoms with Crippen molar-refractivity contribution in [1.82, 2.24) is 20.1 Å². The molecule has 0 aromatic carbocycles. The fourth-order valence-corrected chi connectivity index (χ4v) is 3.58. The van der Waals surface area contributed by atoms with E-state index in [2.05, 4.69) is 15.2 Å². The second-order valence-corrected chi connectivity index (χ2v) is 6.71. The first-order valence-electron chi connectivity index (χ1n) is 8.17. The van der Waals surface area contributed by atoms with E-state index in [9.17, 15) is 9.59 Å². The minimum Gasteiger partial charge on any atom is -0.352 e. The molecule has 0 aliphatic carbocycles. The predicted octanol–water partition coefficient (Wildman–Crippen LogP) is 0.700. The van der Waals surface area contributed by atoms with Crippen molar-refractivity contribution in [3.8, 4) is 0 Å². The zero-order valence-corrected chi connectivity index (χ0v) is 14.0. The van der Waals surface area contributed by atoms with Gasteiger partial charge in [-0.15, -0.1) is 0 Å². The fourth-order valence-electron chi connectivity index (χ4n) is 3.58. The van der Waals surface area contributed by atoms with Crippen LogP contribution in [0.4, 0.5) is 0 Å². The quantitative estimate of drug-likeness (QED) is 0.891. The Morgan fingerprint density at radius 3 is 2.83 bits per heavy atom. The van der Waals surface area contributed by atoms with Gasteiger partial charge in [0.05, 0.1) is 11.7 Å². The third-order valence-corrected chi connectivity index (χ3v) is 4.79. The van der Waals surface area contributed by atoms with Gasteiger partial charge in [0, 0.05) is 44.8 Å². The number of hydrogen-bond acceptors (Lipinski definition) is 4. The molecule has 1 aromatic heterocycles. The van der Waals surface area contributed by atoms with E-state index in [1.165, 1.54) is 6.92 Å². The number of carbonyl (C=O) groups is 2. The molecule has 0 saturated carbocycles. The summed E-state index contributed by atoms with van der Waals surface area (Å²) < 4.78 is 0. The van der Waals surface area contributed by atoms with E-state index in [4.69, 9.17) is 0 Å². The summed E-state index contributed by atoms with van der Waals surface area (Å²) in [5.74, 6) is 0.122. The monoisotopic (exact) mass is 316 g/mol. The largest absolute Gasteiger partial charge is 0.352 e. The van der Waals surface area contributed by atoms with Crippen LogP contribution in [0.25, 0.3) is 0 Å². The van der Waals surface area contributed by atoms with E-state index >= 15 is 0 Å². The van der Waals surface area contributed by atoms with Gasteiger partial charge in [0.1, 0.15) is 0 Å². The number of fused-ring (bicyclic) bond motifs is 1. The molecule has 2 fully saturated rings. The van der Waals surface area contributed by atoms with E-state index in [0.29, 0.717) is 13.1 Å². The minimum absolute atomic E-state index is 0.0314. The van der Waals surface area contributed by atoms with Gasteiger partial charge in [-0.2, -0.15) is 0 Å². The summed E-state index contributed by atoms with van der Waals surface area (Å²) in [6.07, 6.45) is 2.69. The van der Waals surface area contributed by atoms with Crippen molar-refractivity contribution >= 4 is 11.8 Å². The molecular formula is C17H24N4O2. The van der Waals surface area contributed by atoms with E-state index < -0.39 is 0 Å². The van der Waals surface area contributed by atoms with Gasteiger partial charge in [0.25, 0.3) is 0 Å². The van der Waals surface area contributed by atoms with Crippen molar-refractivity contribution in [3.63, 3.8) is 0 Å². The van der Waals surface area contributed by atoms with Crippen molar-refractivity contribution in [3.05, 3.63) is 29.6 Å². The number of nitrogens with zero attached hydrogens (tertiary/aromatic N) is 3. The highest BCUT2D eigenvalue weighted by atomic mass is 16.2. The van der Waals surface area contributed by atoms with Crippen LogP contribution >= 0.6 is 0 Å². The molecule has 3 unspecified atom stereocenters. The summed E-state index contributed by atoms with van der Waals surface area (Å²) in [5, 5.41) is 2.94. The maximum absolute atomic E-state index is 12.6. The molecule has 1 aromatic rings. The van der Waals surface area contributed by atoms with Crippen LogP contribution in [0.2, 0.25) is 0 Å². The van der Waals surface area contributed by atoms with Gasteiger partial charge in [-0.3, -0.25) is 19.5 Å². The van der Waals surface area contributed by atoms with Gasteiger partial charge in [0.2, 0.25) is 11.8 Å². The Morgan fingerprint density at radius 2 is 2.17 bits per heavy atom. The molecule has 2 aliphatic heterocycles. The third-order valence-electron chi connectivity index (χ3n) is 4.79. The summed E-state index contributed by atoms with van der Waals surface area (Å²) >= 11 is 0. The second-order valence-electron chi connectivity index (χ2n) is 6.71. The topological polar surface area (TPSA) is 65.5 Å². The molecule has 3 rings (SSSR count). The number of aryl methyl sites for hydroxylation is 1. The first kappa shape index (κ1) is 15.9. The van der Waals surface area contributed by atoms with Crippen LogP contribution < -0.4 is 5.32 Å². The lowest BCUT2D eigenvalue weighted by atomic mass is 10.1. The number of rotatable bonds is 3. The van der Waals surface area contributed by atoms with E-state index in [-0.39, 0.29) is 29.9 Å². The maximum atomic E-state index is 12.6. The highest BCUT2D eigenvalue weighted by Gasteiger charge is 2.43. The summed E-state index contributed by atoms with van der Waals surface area (Å²) in [5.41, 5.74) is 2.12. The van der Waals surface area contributed by atoms with E-state index in [1.807, 2.05) is 37.1 Å². The molecule has 3 heterocycles. The van der Waals surface area contributed by atoms with Crippen LogP contribution in [0, 0.1) is 6.92 Å². The first-order valence-corrected chi connectivity index (χ1v) is 8.17. The third kappa shape index (κ3) is 3.37. The molecule has 0 radical (unpaired) electrons. The molecule has 2 aliphatic rings. The van der Waals surface area contributed by atoms with E-state index in [1.54, 1.807) is 0 Å². The molecular weight excluding hydrogens is 292 g/mol. The highest BCUT2D eigenvalue weighted by molar-refractivity contribution is 5.83. The van der Waals surface area contributed by atoms with Crippen molar-refractivity contribution in [2.24, 2.45) is 0 Å². The molecule has 2 amide bonds. The van der Waals surface area contributed by atoms with Gasteiger partial charge < -0.3 is 10.2 Å². The average Bonchev–Trinajstić information content (AvgIpc) is 2.88. The summed E-state index contributed by atoms with van der Waals surface area (Å²) in [6.45, 7) is 7.64. The Morgan fingerprint density at radius 1 is 1.39 bits per heavy atom. The van der Waals surface area contributed by atoms with Crippen LogP contribution in [-0.2, 0) is 16.1 Å². The van der Waals surface area contributed by atoms with Crippen molar-refractivity contribution < 1.29 is 9.59 Å². The zero-order chi connectivity index (χ0) is 16.6. The number of amides is 2. The first-order chi connectivity index (χ1) is 10.9. The van der Waals surface area contributed by atoms with Crippen LogP contribution in [0.1, 0.15) is 31.5 Å². The van der Waals surface area contributed by atoms with Crippen LogP contribution in [-0.4, -0.2) is 57.8 Å².